The molecule has 0 spiro atoms. The third-order valence-electron chi connectivity index (χ3n) is 7.51. The van der Waals surface area contributed by atoms with E-state index in [1.807, 2.05) is 50.2 Å². The number of hydrogen-bond donors (Lipinski definition) is 1. The predicted molar refractivity (Wildman–Crippen MR) is 160 cm³/mol. The summed E-state index contributed by atoms with van der Waals surface area (Å²) >= 11 is 9.51. The van der Waals surface area contributed by atoms with Crippen LogP contribution in [0.1, 0.15) is 47.4 Å². The van der Waals surface area contributed by atoms with Gasteiger partial charge >= 0.3 is 0 Å². The average Bonchev–Trinajstić information content (AvgIpc) is 2.94. The van der Waals surface area contributed by atoms with Gasteiger partial charge in [-0.2, -0.15) is 5.26 Å². The van der Waals surface area contributed by atoms with Crippen molar-refractivity contribution in [3.8, 4) is 11.8 Å². The molecule has 0 radical (unpaired) electrons. The molecule has 41 heavy (non-hydrogen) atoms. The SMILES string of the molecule is Cc1cc(COc2ccc(Br)cc2)c(C)c(C2C(C#N)=C(N)N(c3ccc(Cl)cc3[N+](=O)[O-])C3=C2C(=O)CCC3)c1. The fourth-order valence-corrected chi connectivity index (χ4v) is 6.04. The van der Waals surface area contributed by atoms with Crippen LogP contribution in [-0.2, 0) is 11.4 Å². The number of ether oxygens (including phenoxy) is 1. The number of Topliss-reactive ketones (excluding diaryl/α,β-unsaturated/α-hetero) is 1. The van der Waals surface area contributed by atoms with Crippen molar-refractivity contribution in [1.82, 2.24) is 0 Å². The van der Waals surface area contributed by atoms with Gasteiger partial charge in [-0.25, -0.2) is 0 Å². The molecule has 0 aromatic heterocycles. The molecule has 1 unspecified atom stereocenters. The summed E-state index contributed by atoms with van der Waals surface area (Å²) in [6.45, 7) is 4.19. The zero-order valence-corrected chi connectivity index (χ0v) is 24.8. The number of carbonyl (C=O) groups is 1. The van der Waals surface area contributed by atoms with Crippen molar-refractivity contribution >= 4 is 44.7 Å². The van der Waals surface area contributed by atoms with E-state index in [-0.39, 0.29) is 33.6 Å². The third kappa shape index (κ3) is 5.33. The van der Waals surface area contributed by atoms with Gasteiger partial charge in [0.2, 0.25) is 0 Å². The Kier molecular flexibility index (Phi) is 7.89. The van der Waals surface area contributed by atoms with Crippen LogP contribution >= 0.6 is 27.5 Å². The van der Waals surface area contributed by atoms with Crippen molar-refractivity contribution < 1.29 is 14.5 Å². The van der Waals surface area contributed by atoms with Crippen molar-refractivity contribution in [2.75, 3.05) is 4.90 Å². The normalized spacial score (nSPS) is 16.9. The van der Waals surface area contributed by atoms with Gasteiger partial charge in [0, 0.05) is 33.3 Å². The molecule has 1 heterocycles. The fourth-order valence-electron chi connectivity index (χ4n) is 5.61. The summed E-state index contributed by atoms with van der Waals surface area (Å²) in [5, 5.41) is 22.6. The van der Waals surface area contributed by atoms with Crippen LogP contribution in [0.25, 0.3) is 0 Å². The summed E-state index contributed by atoms with van der Waals surface area (Å²) < 4.78 is 7.01. The molecule has 3 aromatic rings. The van der Waals surface area contributed by atoms with E-state index in [0.29, 0.717) is 42.9 Å². The van der Waals surface area contributed by atoms with Crippen LogP contribution in [0.2, 0.25) is 5.02 Å². The standard InChI is InChI=1S/C31H26BrClN4O4/c1-17-12-19(16-41-22-9-6-20(32)7-10-22)18(2)23(13-17)29-24(15-34)31(35)36(26-4-3-5-28(38)30(26)29)25-11-8-21(33)14-27(25)37(39)40/h6-14,29H,3-5,16,35H2,1-2H3. The van der Waals surface area contributed by atoms with Crippen LogP contribution in [0.3, 0.4) is 0 Å². The molecule has 0 amide bonds. The van der Waals surface area contributed by atoms with Gasteiger partial charge in [-0.3, -0.25) is 19.8 Å². The Bertz CT molecular complexity index is 1690. The van der Waals surface area contributed by atoms with E-state index < -0.39 is 10.8 Å². The van der Waals surface area contributed by atoms with Gasteiger partial charge in [-0.1, -0.05) is 45.2 Å². The molecule has 8 nitrogen and oxygen atoms in total. The minimum atomic E-state index is -0.711. The predicted octanol–water partition coefficient (Wildman–Crippen LogP) is 7.51. The van der Waals surface area contributed by atoms with E-state index in [4.69, 9.17) is 22.1 Å². The van der Waals surface area contributed by atoms with E-state index in [1.54, 1.807) is 0 Å². The number of hydrogen-bond acceptors (Lipinski definition) is 7. The molecule has 1 aliphatic carbocycles. The number of allylic oxidation sites excluding steroid dienone is 3. The Morgan fingerprint density at radius 1 is 1.17 bits per heavy atom. The van der Waals surface area contributed by atoms with Crippen molar-refractivity contribution in [3.63, 3.8) is 0 Å². The summed E-state index contributed by atoms with van der Waals surface area (Å²) in [6.07, 6.45) is 1.35. The first kappa shape index (κ1) is 28.4. The Labute approximate surface area is 250 Å². The maximum Gasteiger partial charge on any atom is 0.294 e. The highest BCUT2D eigenvalue weighted by atomic mass is 79.9. The summed E-state index contributed by atoms with van der Waals surface area (Å²) in [7, 11) is 0. The van der Waals surface area contributed by atoms with Crippen molar-refractivity contribution in [3.05, 3.63) is 119 Å². The van der Waals surface area contributed by atoms with E-state index in [1.165, 1.54) is 23.1 Å². The average molecular weight is 634 g/mol. The zero-order chi connectivity index (χ0) is 29.4. The number of rotatable bonds is 6. The molecule has 0 saturated carbocycles. The molecule has 2 N–H and O–H groups in total. The number of carbonyl (C=O) groups excluding carboxylic acids is 1. The minimum absolute atomic E-state index is 0.0601. The van der Waals surface area contributed by atoms with Gasteiger partial charge in [-0.05, 0) is 79.8 Å². The number of aryl methyl sites for hydroxylation is 1. The Morgan fingerprint density at radius 2 is 1.90 bits per heavy atom. The molecule has 0 fully saturated rings. The molecular formula is C31H26BrClN4O4. The Balaban J connectivity index is 1.66. The number of nitrogens with two attached hydrogens (primary N) is 1. The van der Waals surface area contributed by atoms with Crippen LogP contribution in [0.4, 0.5) is 11.4 Å². The lowest BCUT2D eigenvalue weighted by atomic mass is 9.73. The molecule has 3 aromatic carbocycles. The first-order valence-electron chi connectivity index (χ1n) is 13.0. The number of nitriles is 1. The lowest BCUT2D eigenvalue weighted by Crippen LogP contribution is -2.39. The van der Waals surface area contributed by atoms with Gasteiger partial charge in [0.15, 0.2) is 5.78 Å². The second-order valence-corrected chi connectivity index (χ2v) is 11.4. The highest BCUT2D eigenvalue weighted by Crippen LogP contribution is 2.49. The summed E-state index contributed by atoms with van der Waals surface area (Å²) in [4.78, 5) is 26.6. The van der Waals surface area contributed by atoms with Gasteiger partial charge in [0.25, 0.3) is 5.69 Å². The second-order valence-electron chi connectivity index (χ2n) is 10.1. The van der Waals surface area contributed by atoms with Crippen LogP contribution in [0.15, 0.2) is 81.7 Å². The van der Waals surface area contributed by atoms with E-state index in [0.717, 1.165) is 26.7 Å². The first-order chi connectivity index (χ1) is 19.6. The van der Waals surface area contributed by atoms with E-state index in [9.17, 15) is 20.2 Å². The zero-order valence-electron chi connectivity index (χ0n) is 22.4. The highest BCUT2D eigenvalue weighted by Gasteiger charge is 2.42. The van der Waals surface area contributed by atoms with Crippen LogP contribution < -0.4 is 15.4 Å². The molecular weight excluding hydrogens is 608 g/mol. The largest absolute Gasteiger partial charge is 0.489 e. The molecule has 1 atom stereocenters. The van der Waals surface area contributed by atoms with Crippen molar-refractivity contribution in [1.29, 1.82) is 5.26 Å². The summed E-state index contributed by atoms with van der Waals surface area (Å²) in [5.41, 5.74) is 11.3. The van der Waals surface area contributed by atoms with Gasteiger partial charge in [-0.15, -0.1) is 0 Å². The van der Waals surface area contributed by atoms with Gasteiger partial charge in [0.1, 0.15) is 23.9 Å². The minimum Gasteiger partial charge on any atom is -0.489 e. The molecule has 208 valence electrons. The highest BCUT2D eigenvalue weighted by molar-refractivity contribution is 9.10. The van der Waals surface area contributed by atoms with Crippen LogP contribution in [-0.4, -0.2) is 10.7 Å². The fraction of sp³-hybridized carbons (Fsp3) is 0.226. The monoisotopic (exact) mass is 632 g/mol. The Hall–Kier alpha value is -4.13. The number of nitrogens with zero attached hydrogens (tertiary/aromatic N) is 3. The topological polar surface area (TPSA) is 122 Å². The number of halogens is 2. The third-order valence-corrected chi connectivity index (χ3v) is 8.27. The van der Waals surface area contributed by atoms with Crippen molar-refractivity contribution in [2.24, 2.45) is 5.73 Å². The van der Waals surface area contributed by atoms with Gasteiger partial charge in [0.05, 0.1) is 22.5 Å². The number of nitro benzene ring substituents is 1. The molecule has 0 saturated heterocycles. The maximum absolute atomic E-state index is 13.6. The molecule has 1 aliphatic heterocycles. The lowest BCUT2D eigenvalue weighted by molar-refractivity contribution is -0.384. The molecule has 0 bridgehead atoms. The summed E-state index contributed by atoms with van der Waals surface area (Å²) in [5.74, 6) is -0.0452. The van der Waals surface area contributed by atoms with E-state index in [2.05, 4.69) is 22.0 Å². The van der Waals surface area contributed by atoms with E-state index >= 15 is 0 Å². The number of benzene rings is 3. The van der Waals surface area contributed by atoms with Gasteiger partial charge < -0.3 is 10.5 Å². The van der Waals surface area contributed by atoms with Crippen LogP contribution in [0.5, 0.6) is 5.75 Å². The quantitative estimate of drug-likeness (QED) is 0.220. The molecule has 2 aliphatic rings. The maximum atomic E-state index is 13.6. The molecule has 5 rings (SSSR count). The number of ketones is 1. The number of nitro groups is 1. The Morgan fingerprint density at radius 3 is 2.59 bits per heavy atom. The number of anilines is 1. The van der Waals surface area contributed by atoms with Crippen LogP contribution in [0, 0.1) is 35.3 Å². The second kappa shape index (κ2) is 11.4. The first-order valence-corrected chi connectivity index (χ1v) is 14.2. The molecule has 10 heteroatoms. The van der Waals surface area contributed by atoms with Crippen molar-refractivity contribution in [2.45, 2.75) is 45.6 Å². The summed E-state index contributed by atoms with van der Waals surface area (Å²) in [6, 6.07) is 18.1. The smallest absolute Gasteiger partial charge is 0.294 e. The lowest BCUT2D eigenvalue weighted by Gasteiger charge is -2.40.